The molecule has 0 amide bonds. The molecule has 2 saturated carbocycles. The first-order valence-corrected chi connectivity index (χ1v) is 9.04. The van der Waals surface area contributed by atoms with Gasteiger partial charge in [-0.15, -0.1) is 0 Å². The van der Waals surface area contributed by atoms with Gasteiger partial charge in [0.05, 0.1) is 6.20 Å². The summed E-state index contributed by atoms with van der Waals surface area (Å²) in [7, 11) is 2.00. The fraction of sp³-hybridized carbons (Fsp3) is 0.833. The summed E-state index contributed by atoms with van der Waals surface area (Å²) in [6.45, 7) is 1.11. The third-order valence-electron chi connectivity index (χ3n) is 5.65. The molecule has 1 heterocycles. The Labute approximate surface area is 129 Å². The van der Waals surface area contributed by atoms with Crippen LogP contribution in [0.3, 0.4) is 0 Å². The normalized spacial score (nSPS) is 27.9. The molecule has 0 aromatic carbocycles. The molecule has 118 valence electrons. The van der Waals surface area contributed by atoms with Crippen molar-refractivity contribution in [3.63, 3.8) is 0 Å². The number of hydrogen-bond acceptors (Lipinski definition) is 2. The summed E-state index contributed by atoms with van der Waals surface area (Å²) in [5, 5.41) is 8.15. The first-order valence-electron chi connectivity index (χ1n) is 9.04. The van der Waals surface area contributed by atoms with Gasteiger partial charge in [0.1, 0.15) is 0 Å². The van der Waals surface area contributed by atoms with Gasteiger partial charge in [0.15, 0.2) is 0 Å². The zero-order chi connectivity index (χ0) is 14.5. The Hall–Kier alpha value is -0.830. The van der Waals surface area contributed by atoms with E-state index in [9.17, 15) is 0 Å². The highest BCUT2D eigenvalue weighted by Gasteiger charge is 2.31. The SMILES string of the molecule is Cn1cc(CCNC2CCCCC2C2CCCCC2)cn1. The van der Waals surface area contributed by atoms with E-state index in [2.05, 4.69) is 16.6 Å². The van der Waals surface area contributed by atoms with Gasteiger partial charge < -0.3 is 5.32 Å². The second-order valence-corrected chi connectivity index (χ2v) is 7.18. The molecule has 2 aliphatic carbocycles. The van der Waals surface area contributed by atoms with Crippen molar-refractivity contribution in [2.24, 2.45) is 18.9 Å². The monoisotopic (exact) mass is 289 g/mol. The molecule has 2 atom stereocenters. The largest absolute Gasteiger partial charge is 0.313 e. The van der Waals surface area contributed by atoms with Crippen LogP contribution in [0.15, 0.2) is 12.4 Å². The lowest BCUT2D eigenvalue weighted by atomic mass is 9.71. The Balaban J connectivity index is 1.49. The van der Waals surface area contributed by atoms with Gasteiger partial charge in [-0.2, -0.15) is 5.10 Å². The molecule has 2 unspecified atom stereocenters. The van der Waals surface area contributed by atoms with Crippen LogP contribution in [0.4, 0.5) is 0 Å². The maximum atomic E-state index is 4.26. The second-order valence-electron chi connectivity index (χ2n) is 7.18. The molecular weight excluding hydrogens is 258 g/mol. The summed E-state index contributed by atoms with van der Waals surface area (Å²) >= 11 is 0. The van der Waals surface area contributed by atoms with Gasteiger partial charge in [-0.05, 0) is 43.2 Å². The van der Waals surface area contributed by atoms with Crippen molar-refractivity contribution in [2.45, 2.75) is 70.3 Å². The molecule has 1 aromatic heterocycles. The minimum atomic E-state index is 0.776. The van der Waals surface area contributed by atoms with Gasteiger partial charge in [0.25, 0.3) is 0 Å². The van der Waals surface area contributed by atoms with Crippen molar-refractivity contribution in [1.29, 1.82) is 0 Å². The molecule has 2 fully saturated rings. The molecule has 0 aliphatic heterocycles. The minimum Gasteiger partial charge on any atom is -0.313 e. The zero-order valence-corrected chi connectivity index (χ0v) is 13.6. The first-order chi connectivity index (χ1) is 10.3. The molecule has 21 heavy (non-hydrogen) atoms. The number of nitrogens with one attached hydrogen (secondary N) is 1. The van der Waals surface area contributed by atoms with E-state index in [0.29, 0.717) is 0 Å². The minimum absolute atomic E-state index is 0.776. The van der Waals surface area contributed by atoms with Crippen LogP contribution < -0.4 is 5.32 Å². The highest BCUT2D eigenvalue weighted by atomic mass is 15.2. The average Bonchev–Trinajstić information content (AvgIpc) is 2.94. The van der Waals surface area contributed by atoms with E-state index in [1.54, 1.807) is 0 Å². The quantitative estimate of drug-likeness (QED) is 0.896. The molecule has 0 saturated heterocycles. The van der Waals surface area contributed by atoms with Crippen LogP contribution >= 0.6 is 0 Å². The van der Waals surface area contributed by atoms with Crippen LogP contribution in [-0.2, 0) is 13.5 Å². The molecule has 0 spiro atoms. The van der Waals surface area contributed by atoms with Crippen molar-refractivity contribution in [1.82, 2.24) is 15.1 Å². The Kier molecular flexibility index (Phi) is 5.34. The number of nitrogens with zero attached hydrogens (tertiary/aromatic N) is 2. The molecule has 1 aromatic rings. The number of aryl methyl sites for hydroxylation is 1. The highest BCUT2D eigenvalue weighted by Crippen LogP contribution is 2.38. The zero-order valence-electron chi connectivity index (χ0n) is 13.6. The smallest absolute Gasteiger partial charge is 0.0522 e. The maximum absolute atomic E-state index is 4.26. The van der Waals surface area contributed by atoms with E-state index in [0.717, 1.165) is 30.8 Å². The predicted molar refractivity (Wildman–Crippen MR) is 87.2 cm³/mol. The molecule has 1 N–H and O–H groups in total. The standard InChI is InChI=1S/C18H31N3/c1-21-14-15(13-20-21)11-12-19-18-10-6-5-9-17(18)16-7-3-2-4-8-16/h13-14,16-19H,2-12H2,1H3. The van der Waals surface area contributed by atoms with Crippen LogP contribution in [-0.4, -0.2) is 22.4 Å². The van der Waals surface area contributed by atoms with E-state index in [1.807, 2.05) is 17.9 Å². The van der Waals surface area contributed by atoms with Crippen molar-refractivity contribution in [2.75, 3.05) is 6.54 Å². The van der Waals surface area contributed by atoms with Crippen molar-refractivity contribution < 1.29 is 0 Å². The second kappa shape index (κ2) is 7.44. The van der Waals surface area contributed by atoms with Crippen LogP contribution in [0.1, 0.15) is 63.4 Å². The topological polar surface area (TPSA) is 29.9 Å². The third kappa shape index (κ3) is 4.09. The Morgan fingerprint density at radius 3 is 2.62 bits per heavy atom. The van der Waals surface area contributed by atoms with Crippen LogP contribution in [0, 0.1) is 11.8 Å². The van der Waals surface area contributed by atoms with Gasteiger partial charge in [-0.1, -0.05) is 44.9 Å². The van der Waals surface area contributed by atoms with Crippen LogP contribution in [0.2, 0.25) is 0 Å². The summed E-state index contributed by atoms with van der Waals surface area (Å²) in [5.41, 5.74) is 1.36. The van der Waals surface area contributed by atoms with Gasteiger partial charge in [-0.3, -0.25) is 4.68 Å². The summed E-state index contributed by atoms with van der Waals surface area (Å²) in [5.74, 6) is 1.96. The summed E-state index contributed by atoms with van der Waals surface area (Å²) in [6, 6.07) is 0.776. The highest BCUT2D eigenvalue weighted by molar-refractivity contribution is 5.04. The van der Waals surface area contributed by atoms with Crippen molar-refractivity contribution >= 4 is 0 Å². The summed E-state index contributed by atoms with van der Waals surface area (Å²) in [6.07, 6.45) is 18.4. The Bertz CT molecular complexity index is 420. The van der Waals surface area contributed by atoms with Gasteiger partial charge in [-0.25, -0.2) is 0 Å². The fourth-order valence-electron chi connectivity index (χ4n) is 4.54. The van der Waals surface area contributed by atoms with E-state index < -0.39 is 0 Å². The van der Waals surface area contributed by atoms with Crippen molar-refractivity contribution in [3.8, 4) is 0 Å². The van der Waals surface area contributed by atoms with Gasteiger partial charge in [0, 0.05) is 19.3 Å². The summed E-state index contributed by atoms with van der Waals surface area (Å²) < 4.78 is 1.90. The Morgan fingerprint density at radius 2 is 1.86 bits per heavy atom. The lowest BCUT2D eigenvalue weighted by Crippen LogP contribution is -2.43. The molecule has 0 radical (unpaired) electrons. The van der Waals surface area contributed by atoms with Crippen molar-refractivity contribution in [3.05, 3.63) is 18.0 Å². The predicted octanol–water partition coefficient (Wildman–Crippen LogP) is 3.69. The van der Waals surface area contributed by atoms with E-state index >= 15 is 0 Å². The molecular formula is C18H31N3. The molecule has 3 heteroatoms. The molecule has 0 bridgehead atoms. The number of hydrogen-bond donors (Lipinski definition) is 1. The lowest BCUT2D eigenvalue weighted by molar-refractivity contribution is 0.150. The lowest BCUT2D eigenvalue weighted by Gasteiger charge is -2.39. The third-order valence-corrected chi connectivity index (χ3v) is 5.65. The molecule has 3 nitrogen and oxygen atoms in total. The molecule has 3 rings (SSSR count). The Morgan fingerprint density at radius 1 is 1.10 bits per heavy atom. The van der Waals surface area contributed by atoms with Gasteiger partial charge >= 0.3 is 0 Å². The molecule has 2 aliphatic rings. The van der Waals surface area contributed by atoms with E-state index in [1.165, 1.54) is 63.4 Å². The van der Waals surface area contributed by atoms with Gasteiger partial charge in [0.2, 0.25) is 0 Å². The van der Waals surface area contributed by atoms with E-state index in [-0.39, 0.29) is 0 Å². The van der Waals surface area contributed by atoms with Crippen LogP contribution in [0.25, 0.3) is 0 Å². The van der Waals surface area contributed by atoms with E-state index in [4.69, 9.17) is 0 Å². The average molecular weight is 289 g/mol. The first kappa shape index (κ1) is 15.1. The number of rotatable bonds is 5. The fourth-order valence-corrected chi connectivity index (χ4v) is 4.54. The number of aromatic nitrogens is 2. The maximum Gasteiger partial charge on any atom is 0.0522 e. The van der Waals surface area contributed by atoms with Crippen LogP contribution in [0.5, 0.6) is 0 Å². The summed E-state index contributed by atoms with van der Waals surface area (Å²) in [4.78, 5) is 0.